The molecule has 28 heavy (non-hydrogen) atoms. The topological polar surface area (TPSA) is 67.8 Å². The van der Waals surface area contributed by atoms with Gasteiger partial charge in [0.05, 0.1) is 11.8 Å². The quantitative estimate of drug-likeness (QED) is 0.314. The largest absolute Gasteiger partial charge is 0.423 e. The summed E-state index contributed by atoms with van der Waals surface area (Å²) >= 11 is 0. The summed E-state index contributed by atoms with van der Waals surface area (Å²) in [4.78, 5) is 24.2. The van der Waals surface area contributed by atoms with Gasteiger partial charge in [0, 0.05) is 5.56 Å². The Kier molecular flexibility index (Phi) is 5.97. The second-order valence-corrected chi connectivity index (χ2v) is 6.39. The van der Waals surface area contributed by atoms with E-state index in [0.717, 1.165) is 16.7 Å². The van der Waals surface area contributed by atoms with Crippen molar-refractivity contribution in [3.63, 3.8) is 0 Å². The van der Waals surface area contributed by atoms with Crippen molar-refractivity contribution in [1.29, 1.82) is 0 Å². The molecule has 1 N–H and O–H groups in total. The van der Waals surface area contributed by atoms with Crippen LogP contribution in [0.25, 0.3) is 0 Å². The van der Waals surface area contributed by atoms with Crippen molar-refractivity contribution in [2.75, 3.05) is 0 Å². The number of nitrogens with zero attached hydrogens (tertiary/aromatic N) is 1. The molecule has 0 fully saturated rings. The van der Waals surface area contributed by atoms with Crippen LogP contribution in [0.15, 0.2) is 77.9 Å². The van der Waals surface area contributed by atoms with Crippen LogP contribution in [0.4, 0.5) is 0 Å². The fourth-order valence-corrected chi connectivity index (χ4v) is 2.49. The highest BCUT2D eigenvalue weighted by molar-refractivity contribution is 5.95. The Balaban J connectivity index is 1.56. The third-order valence-corrected chi connectivity index (χ3v) is 4.04. The van der Waals surface area contributed by atoms with E-state index in [4.69, 9.17) is 4.74 Å². The van der Waals surface area contributed by atoms with E-state index in [1.807, 2.05) is 38.1 Å². The van der Waals surface area contributed by atoms with Gasteiger partial charge in [0.15, 0.2) is 0 Å². The van der Waals surface area contributed by atoms with Crippen LogP contribution in [0, 0.1) is 13.8 Å². The van der Waals surface area contributed by atoms with E-state index >= 15 is 0 Å². The number of nitrogens with one attached hydrogen (secondary N) is 1. The summed E-state index contributed by atoms with van der Waals surface area (Å²) in [6, 6.07) is 21.3. The van der Waals surface area contributed by atoms with Crippen molar-refractivity contribution in [3.8, 4) is 5.75 Å². The SMILES string of the molecule is Cc1ccc(C(=O)Oc2ccc(/C=N/NC(=O)c3cccc(C)c3)cc2)cc1. The Hall–Kier alpha value is -3.73. The molecule has 0 aliphatic carbocycles. The molecule has 5 nitrogen and oxygen atoms in total. The average Bonchev–Trinajstić information content (AvgIpc) is 2.69. The Bertz CT molecular complexity index is 1010. The molecular formula is C23H20N2O3. The lowest BCUT2D eigenvalue weighted by Crippen LogP contribution is -2.17. The zero-order chi connectivity index (χ0) is 19.9. The Labute approximate surface area is 163 Å². The predicted molar refractivity (Wildman–Crippen MR) is 109 cm³/mol. The fraction of sp³-hybridized carbons (Fsp3) is 0.0870. The van der Waals surface area contributed by atoms with Gasteiger partial charge in [-0.3, -0.25) is 4.79 Å². The van der Waals surface area contributed by atoms with Crippen LogP contribution in [-0.2, 0) is 0 Å². The van der Waals surface area contributed by atoms with Gasteiger partial charge >= 0.3 is 5.97 Å². The molecule has 0 saturated carbocycles. The molecule has 1 amide bonds. The van der Waals surface area contributed by atoms with E-state index in [1.54, 1.807) is 48.5 Å². The normalized spacial score (nSPS) is 10.6. The summed E-state index contributed by atoms with van der Waals surface area (Å²) in [7, 11) is 0. The van der Waals surface area contributed by atoms with Crippen LogP contribution in [0.1, 0.15) is 37.4 Å². The van der Waals surface area contributed by atoms with Crippen LogP contribution < -0.4 is 10.2 Å². The van der Waals surface area contributed by atoms with Gasteiger partial charge in [0.25, 0.3) is 5.91 Å². The molecule has 3 rings (SSSR count). The lowest BCUT2D eigenvalue weighted by molar-refractivity contribution is 0.0734. The highest BCUT2D eigenvalue weighted by Crippen LogP contribution is 2.14. The standard InChI is InChI=1S/C23H20N2O3/c1-16-6-10-19(11-7-16)23(27)28-21-12-8-18(9-13-21)15-24-25-22(26)20-5-3-4-17(2)14-20/h3-15H,1-2H3,(H,25,26)/b24-15+. The van der Waals surface area contributed by atoms with Crippen LogP contribution in [0.5, 0.6) is 5.75 Å². The minimum Gasteiger partial charge on any atom is -0.423 e. The van der Waals surface area contributed by atoms with E-state index in [1.165, 1.54) is 6.21 Å². The van der Waals surface area contributed by atoms with E-state index < -0.39 is 5.97 Å². The van der Waals surface area contributed by atoms with Crippen LogP contribution >= 0.6 is 0 Å². The third-order valence-electron chi connectivity index (χ3n) is 4.04. The number of benzene rings is 3. The van der Waals surface area contributed by atoms with Gasteiger partial charge in [-0.15, -0.1) is 0 Å². The second-order valence-electron chi connectivity index (χ2n) is 6.39. The van der Waals surface area contributed by atoms with Gasteiger partial charge in [-0.1, -0.05) is 35.4 Å². The predicted octanol–water partition coefficient (Wildman–Crippen LogP) is 4.29. The number of esters is 1. The van der Waals surface area contributed by atoms with Crippen molar-refractivity contribution in [2.24, 2.45) is 5.10 Å². The first-order valence-electron chi connectivity index (χ1n) is 8.80. The van der Waals surface area contributed by atoms with Crippen LogP contribution in [0.3, 0.4) is 0 Å². The Morgan fingerprint density at radius 3 is 2.25 bits per heavy atom. The van der Waals surface area contributed by atoms with Crippen molar-refractivity contribution < 1.29 is 14.3 Å². The maximum absolute atomic E-state index is 12.1. The van der Waals surface area contributed by atoms with Gasteiger partial charge in [-0.05, 0) is 67.9 Å². The molecule has 3 aromatic carbocycles. The number of hydrazone groups is 1. The molecule has 0 aliphatic heterocycles. The molecule has 5 heteroatoms. The third kappa shape index (κ3) is 5.14. The number of aryl methyl sites for hydroxylation is 2. The number of carbonyl (C=O) groups is 2. The minimum atomic E-state index is -0.410. The van der Waals surface area contributed by atoms with E-state index in [0.29, 0.717) is 16.9 Å². The van der Waals surface area contributed by atoms with Crippen molar-refractivity contribution in [3.05, 3.63) is 101 Å². The van der Waals surface area contributed by atoms with Crippen molar-refractivity contribution >= 4 is 18.1 Å². The number of hydrogen-bond acceptors (Lipinski definition) is 4. The first kappa shape index (κ1) is 19.0. The smallest absolute Gasteiger partial charge is 0.343 e. The summed E-state index contributed by atoms with van der Waals surface area (Å²) < 4.78 is 5.35. The number of rotatable bonds is 5. The highest BCUT2D eigenvalue weighted by Gasteiger charge is 2.08. The molecule has 0 aliphatic rings. The average molecular weight is 372 g/mol. The van der Waals surface area contributed by atoms with Gasteiger partial charge in [-0.25, -0.2) is 10.2 Å². The molecule has 0 unspecified atom stereocenters. The fourth-order valence-electron chi connectivity index (χ4n) is 2.49. The van der Waals surface area contributed by atoms with Gasteiger partial charge in [0.1, 0.15) is 5.75 Å². The second kappa shape index (κ2) is 8.77. The van der Waals surface area contributed by atoms with E-state index in [-0.39, 0.29) is 5.91 Å². The lowest BCUT2D eigenvalue weighted by atomic mass is 10.1. The molecule has 140 valence electrons. The Morgan fingerprint density at radius 1 is 0.857 bits per heavy atom. The zero-order valence-electron chi connectivity index (χ0n) is 15.7. The molecule has 3 aromatic rings. The van der Waals surface area contributed by atoms with E-state index in [9.17, 15) is 9.59 Å². The maximum Gasteiger partial charge on any atom is 0.343 e. The minimum absolute atomic E-state index is 0.274. The molecule has 0 radical (unpaired) electrons. The van der Waals surface area contributed by atoms with Gasteiger partial charge in [-0.2, -0.15) is 5.10 Å². The van der Waals surface area contributed by atoms with E-state index in [2.05, 4.69) is 10.5 Å². The first-order chi connectivity index (χ1) is 13.5. The lowest BCUT2D eigenvalue weighted by Gasteiger charge is -2.05. The van der Waals surface area contributed by atoms with Crippen molar-refractivity contribution in [1.82, 2.24) is 5.43 Å². The van der Waals surface area contributed by atoms with Gasteiger partial charge in [0.2, 0.25) is 0 Å². The number of ether oxygens (including phenoxy) is 1. The number of hydrogen-bond donors (Lipinski definition) is 1. The van der Waals surface area contributed by atoms with Crippen LogP contribution in [0.2, 0.25) is 0 Å². The first-order valence-corrected chi connectivity index (χ1v) is 8.80. The molecule has 0 aromatic heterocycles. The van der Waals surface area contributed by atoms with Crippen molar-refractivity contribution in [2.45, 2.75) is 13.8 Å². The summed E-state index contributed by atoms with van der Waals surface area (Å²) in [5, 5.41) is 3.96. The summed E-state index contributed by atoms with van der Waals surface area (Å²) in [6.45, 7) is 3.88. The van der Waals surface area contributed by atoms with Gasteiger partial charge < -0.3 is 4.74 Å². The molecule has 0 atom stereocenters. The zero-order valence-corrected chi connectivity index (χ0v) is 15.7. The molecular weight excluding hydrogens is 352 g/mol. The Morgan fingerprint density at radius 2 is 1.57 bits per heavy atom. The maximum atomic E-state index is 12.1. The molecule has 0 heterocycles. The number of carbonyl (C=O) groups excluding carboxylic acids is 2. The highest BCUT2D eigenvalue weighted by atomic mass is 16.5. The van der Waals surface area contributed by atoms with Crippen LogP contribution in [-0.4, -0.2) is 18.1 Å². The summed E-state index contributed by atoms with van der Waals surface area (Å²) in [5.41, 5.74) is 6.39. The molecule has 0 saturated heterocycles. The summed E-state index contributed by atoms with van der Waals surface area (Å²) in [5.74, 6) is -0.248. The monoisotopic (exact) mass is 372 g/mol. The molecule has 0 spiro atoms. The number of amides is 1. The summed E-state index contributed by atoms with van der Waals surface area (Å²) in [6.07, 6.45) is 1.53. The molecule has 0 bridgehead atoms.